The Bertz CT molecular complexity index is 432. The van der Waals surface area contributed by atoms with E-state index in [9.17, 15) is 8.78 Å². The van der Waals surface area contributed by atoms with E-state index in [-0.39, 0.29) is 29.4 Å². The minimum absolute atomic E-state index is 0.0283. The highest BCUT2D eigenvalue weighted by atomic mass is 79.9. The van der Waals surface area contributed by atoms with Crippen molar-refractivity contribution in [3.63, 3.8) is 0 Å². The van der Waals surface area contributed by atoms with E-state index < -0.39 is 11.6 Å². The lowest BCUT2D eigenvalue weighted by molar-refractivity contribution is -0.00102. The third-order valence-electron chi connectivity index (χ3n) is 3.65. The van der Waals surface area contributed by atoms with Gasteiger partial charge in [0, 0.05) is 6.61 Å². The Balaban J connectivity index is 1.91. The zero-order valence-electron chi connectivity index (χ0n) is 10.5. The van der Waals surface area contributed by atoms with Crippen molar-refractivity contribution in [2.45, 2.75) is 38.4 Å². The average molecular weight is 335 g/mol. The maximum atomic E-state index is 13.7. The molecule has 0 unspecified atom stereocenters. The molecule has 1 saturated carbocycles. The van der Waals surface area contributed by atoms with Crippen LogP contribution in [0.5, 0.6) is 0 Å². The smallest absolute Gasteiger partial charge is 0.145 e. The van der Waals surface area contributed by atoms with Gasteiger partial charge in [-0.25, -0.2) is 8.78 Å². The molecule has 0 heterocycles. The molecule has 1 aliphatic rings. The molecule has 5 heteroatoms. The molecule has 0 aliphatic heterocycles. The Morgan fingerprint density at radius 3 is 2.53 bits per heavy atom. The van der Waals surface area contributed by atoms with E-state index in [0.29, 0.717) is 5.92 Å². The standard InChI is InChI=1S/C14H17BrF2O2/c15-12-5-6-13(16)11(14(12)17)8-19-10-3-1-9(7-18)2-4-10/h5-6,9-10,18H,1-4,7-8H2. The van der Waals surface area contributed by atoms with E-state index in [4.69, 9.17) is 9.84 Å². The van der Waals surface area contributed by atoms with Crippen molar-refractivity contribution in [1.29, 1.82) is 0 Å². The summed E-state index contributed by atoms with van der Waals surface area (Å²) in [6.45, 7) is 0.160. The first-order chi connectivity index (χ1) is 9.11. The summed E-state index contributed by atoms with van der Waals surface area (Å²) in [4.78, 5) is 0. The van der Waals surface area contributed by atoms with Gasteiger partial charge in [-0.2, -0.15) is 0 Å². The summed E-state index contributed by atoms with van der Waals surface area (Å²) in [6, 6.07) is 2.58. The molecule has 1 aromatic rings. The highest BCUT2D eigenvalue weighted by Crippen LogP contribution is 2.28. The number of benzene rings is 1. The Labute approximate surface area is 119 Å². The van der Waals surface area contributed by atoms with Crippen molar-refractivity contribution < 1.29 is 18.6 Å². The third-order valence-corrected chi connectivity index (χ3v) is 4.27. The molecule has 2 nitrogen and oxygen atoms in total. The molecule has 0 spiro atoms. The van der Waals surface area contributed by atoms with Gasteiger partial charge < -0.3 is 9.84 Å². The maximum absolute atomic E-state index is 13.7. The highest BCUT2D eigenvalue weighted by Gasteiger charge is 2.22. The topological polar surface area (TPSA) is 29.5 Å². The van der Waals surface area contributed by atoms with Crippen LogP contribution < -0.4 is 0 Å². The first kappa shape index (κ1) is 14.9. The van der Waals surface area contributed by atoms with E-state index in [1.54, 1.807) is 0 Å². The number of aliphatic hydroxyl groups excluding tert-OH is 1. The van der Waals surface area contributed by atoms with Gasteiger partial charge in [0.05, 0.1) is 22.7 Å². The summed E-state index contributed by atoms with van der Waals surface area (Å²) < 4.78 is 33.1. The zero-order valence-corrected chi connectivity index (χ0v) is 12.1. The van der Waals surface area contributed by atoms with E-state index in [1.165, 1.54) is 12.1 Å². The Hall–Kier alpha value is -0.520. The van der Waals surface area contributed by atoms with Crippen LogP contribution in [0.15, 0.2) is 16.6 Å². The lowest BCUT2D eigenvalue weighted by atomic mass is 9.88. The predicted octanol–water partition coefficient (Wildman–Crippen LogP) is 3.80. The minimum Gasteiger partial charge on any atom is -0.396 e. The molecular weight excluding hydrogens is 318 g/mol. The van der Waals surface area contributed by atoms with Crippen LogP contribution in [0.4, 0.5) is 8.78 Å². The number of halogens is 3. The summed E-state index contributed by atoms with van der Waals surface area (Å²) >= 11 is 3.04. The van der Waals surface area contributed by atoms with E-state index in [0.717, 1.165) is 25.7 Å². The second kappa shape index (κ2) is 6.77. The molecule has 19 heavy (non-hydrogen) atoms. The Morgan fingerprint density at radius 2 is 1.89 bits per heavy atom. The van der Waals surface area contributed by atoms with Crippen LogP contribution in [-0.4, -0.2) is 17.8 Å². The van der Waals surface area contributed by atoms with Gasteiger partial charge in [0.15, 0.2) is 0 Å². The van der Waals surface area contributed by atoms with Crippen LogP contribution in [0, 0.1) is 17.6 Å². The van der Waals surface area contributed by atoms with Crippen LogP contribution in [0.1, 0.15) is 31.2 Å². The second-order valence-corrected chi connectivity index (χ2v) is 5.81. The number of hydrogen-bond acceptors (Lipinski definition) is 2. The zero-order chi connectivity index (χ0) is 13.8. The number of ether oxygens (including phenoxy) is 1. The molecule has 1 aromatic carbocycles. The van der Waals surface area contributed by atoms with Crippen LogP contribution in [-0.2, 0) is 11.3 Å². The highest BCUT2D eigenvalue weighted by molar-refractivity contribution is 9.10. The lowest BCUT2D eigenvalue weighted by Crippen LogP contribution is -2.23. The normalized spacial score (nSPS) is 23.6. The van der Waals surface area contributed by atoms with Crippen molar-refractivity contribution in [3.05, 3.63) is 33.8 Å². The molecule has 0 atom stereocenters. The fraction of sp³-hybridized carbons (Fsp3) is 0.571. The van der Waals surface area contributed by atoms with E-state index in [2.05, 4.69) is 15.9 Å². The van der Waals surface area contributed by atoms with Crippen molar-refractivity contribution in [2.24, 2.45) is 5.92 Å². The lowest BCUT2D eigenvalue weighted by Gasteiger charge is -2.27. The summed E-state index contributed by atoms with van der Waals surface area (Å²) in [5.41, 5.74) is -0.0290. The molecule has 106 valence electrons. The van der Waals surface area contributed by atoms with Gasteiger partial charge in [-0.1, -0.05) is 0 Å². The van der Waals surface area contributed by atoms with Gasteiger partial charge in [0.25, 0.3) is 0 Å². The van der Waals surface area contributed by atoms with Crippen molar-refractivity contribution in [1.82, 2.24) is 0 Å². The number of hydrogen-bond donors (Lipinski definition) is 1. The molecule has 1 aliphatic carbocycles. The molecule has 0 amide bonds. The molecule has 0 saturated heterocycles. The molecule has 1 N–H and O–H groups in total. The van der Waals surface area contributed by atoms with Crippen LogP contribution in [0.25, 0.3) is 0 Å². The Kier molecular flexibility index (Phi) is 5.30. The van der Waals surface area contributed by atoms with E-state index >= 15 is 0 Å². The molecule has 0 bridgehead atoms. The van der Waals surface area contributed by atoms with Crippen molar-refractivity contribution in [2.75, 3.05) is 6.61 Å². The predicted molar refractivity (Wildman–Crippen MR) is 71.7 cm³/mol. The minimum atomic E-state index is -0.593. The van der Waals surface area contributed by atoms with Crippen molar-refractivity contribution in [3.8, 4) is 0 Å². The first-order valence-electron chi connectivity index (χ1n) is 6.46. The Morgan fingerprint density at radius 1 is 1.21 bits per heavy atom. The first-order valence-corrected chi connectivity index (χ1v) is 7.26. The van der Waals surface area contributed by atoms with Gasteiger partial charge >= 0.3 is 0 Å². The maximum Gasteiger partial charge on any atom is 0.145 e. The fourth-order valence-electron chi connectivity index (χ4n) is 2.38. The van der Waals surface area contributed by atoms with Gasteiger partial charge in [-0.3, -0.25) is 0 Å². The monoisotopic (exact) mass is 334 g/mol. The summed E-state index contributed by atoms with van der Waals surface area (Å²) in [7, 11) is 0. The second-order valence-electron chi connectivity index (χ2n) is 4.96. The molecule has 0 radical (unpaired) electrons. The van der Waals surface area contributed by atoms with E-state index in [1.807, 2.05) is 0 Å². The van der Waals surface area contributed by atoms with Gasteiger partial charge in [-0.05, 0) is 59.7 Å². The molecule has 1 fully saturated rings. The SMILES string of the molecule is OCC1CCC(OCc2c(F)ccc(Br)c2F)CC1. The number of rotatable bonds is 4. The van der Waals surface area contributed by atoms with Crippen LogP contribution >= 0.6 is 15.9 Å². The van der Waals surface area contributed by atoms with Crippen LogP contribution in [0.2, 0.25) is 0 Å². The van der Waals surface area contributed by atoms with Crippen LogP contribution in [0.3, 0.4) is 0 Å². The summed E-state index contributed by atoms with van der Waals surface area (Å²) in [5, 5.41) is 9.04. The number of aliphatic hydroxyl groups is 1. The van der Waals surface area contributed by atoms with Gasteiger partial charge in [0.1, 0.15) is 11.6 Å². The molecule has 2 rings (SSSR count). The fourth-order valence-corrected chi connectivity index (χ4v) is 2.76. The quantitative estimate of drug-likeness (QED) is 0.849. The van der Waals surface area contributed by atoms with Gasteiger partial charge in [0.2, 0.25) is 0 Å². The summed E-state index contributed by atoms with van der Waals surface area (Å²) in [6.07, 6.45) is 3.51. The third kappa shape index (κ3) is 3.74. The van der Waals surface area contributed by atoms with Gasteiger partial charge in [-0.15, -0.1) is 0 Å². The molecule has 0 aromatic heterocycles. The summed E-state index contributed by atoms with van der Waals surface area (Å²) in [5.74, 6) is -0.826. The largest absolute Gasteiger partial charge is 0.396 e. The average Bonchev–Trinajstić information content (AvgIpc) is 2.44. The molecular formula is C14H17BrF2O2. The van der Waals surface area contributed by atoms with Crippen molar-refractivity contribution >= 4 is 15.9 Å².